The highest BCUT2D eigenvalue weighted by atomic mass is 15.4. The summed E-state index contributed by atoms with van der Waals surface area (Å²) in [5, 5.41) is 8.19. The Kier molecular flexibility index (Phi) is 2.42. The fourth-order valence-electron chi connectivity index (χ4n) is 2.46. The van der Waals surface area contributed by atoms with E-state index in [1.54, 1.807) is 11.0 Å². The number of piperidine rings is 1. The van der Waals surface area contributed by atoms with Gasteiger partial charge in [-0.3, -0.25) is 0 Å². The maximum absolute atomic E-state index is 4.39. The molecular weight excluding hydrogens is 216 g/mol. The number of hydrogen-bond acceptors (Lipinski definition) is 5. The van der Waals surface area contributed by atoms with Crippen LogP contribution in [0.25, 0.3) is 11.2 Å². The van der Waals surface area contributed by atoms with Crippen LogP contribution in [-0.4, -0.2) is 37.5 Å². The van der Waals surface area contributed by atoms with Gasteiger partial charge in [0.2, 0.25) is 0 Å². The molecule has 1 fully saturated rings. The highest BCUT2D eigenvalue weighted by Crippen LogP contribution is 2.26. The summed E-state index contributed by atoms with van der Waals surface area (Å²) in [7, 11) is 1.85. The van der Waals surface area contributed by atoms with E-state index in [4.69, 9.17) is 0 Å². The Morgan fingerprint density at radius 3 is 3.00 bits per heavy atom. The van der Waals surface area contributed by atoms with Crippen molar-refractivity contribution in [3.63, 3.8) is 0 Å². The minimum Gasteiger partial charge on any atom is -0.352 e. The first kappa shape index (κ1) is 10.4. The summed E-state index contributed by atoms with van der Waals surface area (Å²) in [5.41, 5.74) is 1.61. The van der Waals surface area contributed by atoms with Crippen molar-refractivity contribution in [3.05, 3.63) is 6.33 Å². The van der Waals surface area contributed by atoms with Crippen LogP contribution in [0.4, 0.5) is 5.82 Å². The second-order valence-corrected chi connectivity index (χ2v) is 4.62. The van der Waals surface area contributed by atoms with Gasteiger partial charge in [-0.1, -0.05) is 5.21 Å². The van der Waals surface area contributed by atoms with Crippen LogP contribution < -0.4 is 4.90 Å². The number of rotatable bonds is 1. The number of hydrogen-bond donors (Lipinski definition) is 0. The van der Waals surface area contributed by atoms with Crippen LogP contribution in [0, 0.1) is 0 Å². The van der Waals surface area contributed by atoms with Crippen molar-refractivity contribution >= 4 is 17.0 Å². The van der Waals surface area contributed by atoms with E-state index in [-0.39, 0.29) is 0 Å². The van der Waals surface area contributed by atoms with Gasteiger partial charge in [0, 0.05) is 19.6 Å². The molecule has 2 aromatic heterocycles. The number of aryl methyl sites for hydroxylation is 1. The lowest BCUT2D eigenvalue weighted by atomic mass is 10.0. The van der Waals surface area contributed by atoms with Crippen LogP contribution in [0.3, 0.4) is 0 Å². The molecule has 0 saturated carbocycles. The second kappa shape index (κ2) is 3.94. The van der Waals surface area contributed by atoms with Gasteiger partial charge in [-0.25, -0.2) is 14.6 Å². The maximum atomic E-state index is 4.39. The smallest absolute Gasteiger partial charge is 0.183 e. The summed E-state index contributed by atoms with van der Waals surface area (Å²) in [4.78, 5) is 10.9. The highest BCUT2D eigenvalue weighted by Gasteiger charge is 2.23. The molecule has 0 bridgehead atoms. The van der Waals surface area contributed by atoms with Crippen LogP contribution in [0.1, 0.15) is 26.2 Å². The van der Waals surface area contributed by atoms with Crippen molar-refractivity contribution in [1.29, 1.82) is 0 Å². The topological polar surface area (TPSA) is 59.7 Å². The molecule has 0 aliphatic carbocycles. The molecule has 0 aromatic carbocycles. The molecule has 0 N–H and O–H groups in total. The second-order valence-electron chi connectivity index (χ2n) is 4.62. The third-order valence-electron chi connectivity index (χ3n) is 3.44. The Labute approximate surface area is 99.7 Å². The zero-order valence-corrected chi connectivity index (χ0v) is 10.2. The minimum absolute atomic E-state index is 0.517. The van der Waals surface area contributed by atoms with E-state index in [0.717, 1.165) is 23.5 Å². The molecule has 0 spiro atoms. The van der Waals surface area contributed by atoms with E-state index >= 15 is 0 Å². The summed E-state index contributed by atoms with van der Waals surface area (Å²) in [6.07, 6.45) is 5.33. The Bertz CT molecular complexity index is 534. The van der Waals surface area contributed by atoms with Crippen molar-refractivity contribution < 1.29 is 0 Å². The molecule has 17 heavy (non-hydrogen) atoms. The van der Waals surface area contributed by atoms with Crippen molar-refractivity contribution in [2.45, 2.75) is 32.2 Å². The molecule has 1 atom stereocenters. The molecule has 3 rings (SSSR count). The van der Waals surface area contributed by atoms with Crippen LogP contribution in [0.2, 0.25) is 0 Å². The Morgan fingerprint density at radius 2 is 2.18 bits per heavy atom. The van der Waals surface area contributed by atoms with E-state index in [9.17, 15) is 0 Å². The molecule has 0 amide bonds. The first-order valence-electron chi connectivity index (χ1n) is 6.04. The van der Waals surface area contributed by atoms with Gasteiger partial charge in [-0.15, -0.1) is 5.10 Å². The van der Waals surface area contributed by atoms with Gasteiger partial charge in [-0.05, 0) is 26.2 Å². The summed E-state index contributed by atoms with van der Waals surface area (Å²) in [6.45, 7) is 3.29. The molecule has 6 nitrogen and oxygen atoms in total. The lowest BCUT2D eigenvalue weighted by molar-refractivity contribution is 0.482. The van der Waals surface area contributed by atoms with Gasteiger partial charge in [0.25, 0.3) is 0 Å². The highest BCUT2D eigenvalue weighted by molar-refractivity contribution is 5.82. The molecular formula is C11H16N6. The van der Waals surface area contributed by atoms with Crippen molar-refractivity contribution in [1.82, 2.24) is 25.0 Å². The molecule has 3 heterocycles. The molecule has 1 aliphatic heterocycles. The zero-order chi connectivity index (χ0) is 11.8. The van der Waals surface area contributed by atoms with Crippen LogP contribution in [0.5, 0.6) is 0 Å². The summed E-state index contributed by atoms with van der Waals surface area (Å²) >= 11 is 0. The standard InChI is InChI=1S/C11H16N6/c1-8-5-3-4-6-17(8)11-9-10(12-7-13-11)16(2)15-14-9/h7-8H,3-6H2,1-2H3. The van der Waals surface area contributed by atoms with Crippen LogP contribution in [-0.2, 0) is 7.05 Å². The predicted octanol–water partition coefficient (Wildman–Crippen LogP) is 1.14. The molecule has 2 aromatic rings. The molecule has 1 unspecified atom stereocenters. The summed E-state index contributed by atoms with van der Waals surface area (Å²) < 4.78 is 1.69. The fraction of sp³-hybridized carbons (Fsp3) is 0.636. The minimum atomic E-state index is 0.517. The fourth-order valence-corrected chi connectivity index (χ4v) is 2.46. The lowest BCUT2D eigenvalue weighted by Gasteiger charge is -2.34. The molecule has 0 radical (unpaired) electrons. The monoisotopic (exact) mass is 232 g/mol. The van der Waals surface area contributed by atoms with Gasteiger partial charge in [-0.2, -0.15) is 0 Å². The largest absolute Gasteiger partial charge is 0.352 e. The van der Waals surface area contributed by atoms with E-state index in [1.165, 1.54) is 19.3 Å². The van der Waals surface area contributed by atoms with E-state index < -0.39 is 0 Å². The normalized spacial score (nSPS) is 21.1. The van der Waals surface area contributed by atoms with Gasteiger partial charge in [0.1, 0.15) is 6.33 Å². The van der Waals surface area contributed by atoms with Crippen LogP contribution >= 0.6 is 0 Å². The van der Waals surface area contributed by atoms with E-state index in [2.05, 4.69) is 32.1 Å². The van der Waals surface area contributed by atoms with Crippen molar-refractivity contribution in [2.24, 2.45) is 7.05 Å². The SMILES string of the molecule is CC1CCCCN1c1ncnc2c1nnn2C. The van der Waals surface area contributed by atoms with E-state index in [0.29, 0.717) is 6.04 Å². The Hall–Kier alpha value is -1.72. The average Bonchev–Trinajstić information content (AvgIpc) is 2.72. The maximum Gasteiger partial charge on any atom is 0.183 e. The van der Waals surface area contributed by atoms with Gasteiger partial charge < -0.3 is 4.90 Å². The number of anilines is 1. The molecule has 6 heteroatoms. The van der Waals surface area contributed by atoms with E-state index in [1.807, 2.05) is 7.05 Å². The zero-order valence-electron chi connectivity index (χ0n) is 10.2. The quantitative estimate of drug-likeness (QED) is 0.737. The third-order valence-corrected chi connectivity index (χ3v) is 3.44. The number of aromatic nitrogens is 5. The Morgan fingerprint density at radius 1 is 1.29 bits per heavy atom. The molecule has 90 valence electrons. The number of fused-ring (bicyclic) bond motifs is 1. The molecule has 1 saturated heterocycles. The van der Waals surface area contributed by atoms with Gasteiger partial charge in [0.15, 0.2) is 17.0 Å². The first-order valence-corrected chi connectivity index (χ1v) is 6.04. The Balaban J connectivity index is 2.10. The average molecular weight is 232 g/mol. The lowest BCUT2D eigenvalue weighted by Crippen LogP contribution is -2.38. The third kappa shape index (κ3) is 1.64. The van der Waals surface area contributed by atoms with Crippen molar-refractivity contribution in [3.8, 4) is 0 Å². The van der Waals surface area contributed by atoms with Crippen molar-refractivity contribution in [2.75, 3.05) is 11.4 Å². The molecule has 1 aliphatic rings. The number of nitrogens with zero attached hydrogens (tertiary/aromatic N) is 6. The summed E-state index contributed by atoms with van der Waals surface area (Å²) in [6, 6.07) is 0.517. The summed E-state index contributed by atoms with van der Waals surface area (Å²) in [5.74, 6) is 0.926. The van der Waals surface area contributed by atoms with Gasteiger partial charge >= 0.3 is 0 Å². The van der Waals surface area contributed by atoms with Gasteiger partial charge in [0.05, 0.1) is 0 Å². The predicted molar refractivity (Wildman–Crippen MR) is 64.8 cm³/mol. The first-order chi connectivity index (χ1) is 8.27. The van der Waals surface area contributed by atoms with Crippen LogP contribution in [0.15, 0.2) is 6.33 Å².